The number of aromatic nitrogens is 3. The minimum atomic E-state index is -0.749. The van der Waals surface area contributed by atoms with Crippen molar-refractivity contribution in [3.8, 4) is 0 Å². The van der Waals surface area contributed by atoms with E-state index in [1.54, 1.807) is 11.4 Å². The van der Waals surface area contributed by atoms with Gasteiger partial charge in [-0.25, -0.2) is 14.8 Å². The molecule has 0 saturated heterocycles. The number of H-pyrrole nitrogens is 1. The second-order valence-electron chi connectivity index (χ2n) is 4.19. The summed E-state index contributed by atoms with van der Waals surface area (Å²) >= 11 is 12.9. The Hall–Kier alpha value is -1.96. The Labute approximate surface area is 137 Å². The number of aromatic amines is 1. The zero-order valence-corrected chi connectivity index (χ0v) is 13.1. The SMILES string of the molecule is O=C(OCc1nc2ccsc2c(=O)[nH]1)c1nc(Cl)ccc1Cl. The van der Waals surface area contributed by atoms with Gasteiger partial charge in [-0.1, -0.05) is 23.2 Å². The van der Waals surface area contributed by atoms with E-state index in [2.05, 4.69) is 15.0 Å². The third kappa shape index (κ3) is 2.96. The van der Waals surface area contributed by atoms with Crippen LogP contribution in [0.4, 0.5) is 0 Å². The molecule has 3 aromatic rings. The Bertz CT molecular complexity index is 922. The van der Waals surface area contributed by atoms with E-state index in [-0.39, 0.29) is 33.9 Å². The van der Waals surface area contributed by atoms with E-state index in [9.17, 15) is 9.59 Å². The van der Waals surface area contributed by atoms with Gasteiger partial charge in [-0.2, -0.15) is 0 Å². The molecule has 3 aromatic heterocycles. The molecule has 3 heterocycles. The molecule has 0 aliphatic rings. The Balaban J connectivity index is 1.80. The first-order valence-electron chi connectivity index (χ1n) is 6.00. The van der Waals surface area contributed by atoms with Gasteiger partial charge in [-0.15, -0.1) is 11.3 Å². The van der Waals surface area contributed by atoms with E-state index >= 15 is 0 Å². The van der Waals surface area contributed by atoms with Crippen molar-refractivity contribution in [2.75, 3.05) is 0 Å². The Morgan fingerprint density at radius 3 is 2.91 bits per heavy atom. The van der Waals surface area contributed by atoms with E-state index < -0.39 is 5.97 Å². The number of thiophene rings is 1. The van der Waals surface area contributed by atoms with Crippen LogP contribution in [-0.4, -0.2) is 20.9 Å². The molecule has 0 fully saturated rings. The topological polar surface area (TPSA) is 84.9 Å². The fraction of sp³-hybridized carbons (Fsp3) is 0.0769. The van der Waals surface area contributed by atoms with Gasteiger partial charge in [0.05, 0.1) is 10.5 Å². The highest BCUT2D eigenvalue weighted by Crippen LogP contribution is 2.18. The van der Waals surface area contributed by atoms with Crippen molar-refractivity contribution in [2.45, 2.75) is 6.61 Å². The molecule has 0 bridgehead atoms. The number of hydrogen-bond acceptors (Lipinski definition) is 6. The van der Waals surface area contributed by atoms with Crippen LogP contribution in [0, 0.1) is 0 Å². The van der Waals surface area contributed by atoms with Crippen LogP contribution in [0.5, 0.6) is 0 Å². The third-order valence-electron chi connectivity index (χ3n) is 2.71. The number of pyridine rings is 1. The number of ether oxygens (including phenoxy) is 1. The highest BCUT2D eigenvalue weighted by molar-refractivity contribution is 7.17. The minimum Gasteiger partial charge on any atom is -0.453 e. The van der Waals surface area contributed by atoms with Crippen LogP contribution in [0.15, 0.2) is 28.4 Å². The molecule has 9 heteroatoms. The summed E-state index contributed by atoms with van der Waals surface area (Å²) in [6.45, 7) is -0.204. The quantitative estimate of drug-likeness (QED) is 0.576. The lowest BCUT2D eigenvalue weighted by Gasteiger charge is -2.05. The van der Waals surface area contributed by atoms with Crippen LogP contribution in [-0.2, 0) is 11.3 Å². The summed E-state index contributed by atoms with van der Waals surface area (Å²) in [6.07, 6.45) is 0. The van der Waals surface area contributed by atoms with Gasteiger partial charge >= 0.3 is 5.97 Å². The molecule has 3 rings (SSSR count). The molecule has 6 nitrogen and oxygen atoms in total. The molecule has 0 spiro atoms. The van der Waals surface area contributed by atoms with Gasteiger partial charge in [0.15, 0.2) is 5.69 Å². The highest BCUT2D eigenvalue weighted by Gasteiger charge is 2.15. The molecular weight excluding hydrogens is 349 g/mol. The van der Waals surface area contributed by atoms with E-state index in [1.807, 2.05) is 0 Å². The van der Waals surface area contributed by atoms with E-state index in [0.29, 0.717) is 10.2 Å². The second-order valence-corrected chi connectivity index (χ2v) is 5.90. The summed E-state index contributed by atoms with van der Waals surface area (Å²) in [5.74, 6) is -0.511. The first-order chi connectivity index (χ1) is 10.5. The van der Waals surface area contributed by atoms with Crippen molar-refractivity contribution in [3.63, 3.8) is 0 Å². The molecule has 22 heavy (non-hydrogen) atoms. The number of rotatable bonds is 3. The standard InChI is InChI=1S/C13H7Cl2N3O3S/c14-6-1-2-8(15)17-10(6)13(20)21-5-9-16-7-3-4-22-11(7)12(19)18-9/h1-4H,5H2,(H,16,18,19). The van der Waals surface area contributed by atoms with Crippen LogP contribution in [0.3, 0.4) is 0 Å². The lowest BCUT2D eigenvalue weighted by atomic mass is 10.3. The molecule has 0 aliphatic heterocycles. The van der Waals surface area contributed by atoms with Crippen LogP contribution >= 0.6 is 34.5 Å². The molecule has 0 aliphatic carbocycles. The zero-order chi connectivity index (χ0) is 15.7. The summed E-state index contributed by atoms with van der Waals surface area (Å²) in [5.41, 5.74) is 0.191. The predicted octanol–water partition coefficient (Wildman–Crippen LogP) is 3.04. The molecule has 0 saturated carbocycles. The number of esters is 1. The van der Waals surface area contributed by atoms with Crippen molar-refractivity contribution >= 4 is 50.7 Å². The zero-order valence-electron chi connectivity index (χ0n) is 10.8. The number of nitrogens with zero attached hydrogens (tertiary/aromatic N) is 2. The van der Waals surface area contributed by atoms with Crippen molar-refractivity contribution in [3.05, 3.63) is 55.6 Å². The highest BCUT2D eigenvalue weighted by atomic mass is 35.5. The van der Waals surface area contributed by atoms with Crippen LogP contribution in [0.2, 0.25) is 10.2 Å². The first-order valence-corrected chi connectivity index (χ1v) is 7.64. The minimum absolute atomic E-state index is 0.0897. The summed E-state index contributed by atoms with van der Waals surface area (Å²) in [6, 6.07) is 4.63. The second kappa shape index (κ2) is 6.04. The maximum Gasteiger partial charge on any atom is 0.358 e. The number of carbonyl (C=O) groups is 1. The molecule has 0 unspecified atom stereocenters. The summed E-state index contributed by atoms with van der Waals surface area (Å²) < 4.78 is 5.58. The lowest BCUT2D eigenvalue weighted by Crippen LogP contribution is -2.14. The van der Waals surface area contributed by atoms with Gasteiger partial charge in [0.1, 0.15) is 22.3 Å². The van der Waals surface area contributed by atoms with Gasteiger partial charge in [-0.3, -0.25) is 4.79 Å². The average Bonchev–Trinajstić information content (AvgIpc) is 2.96. The molecular formula is C13H7Cl2N3O3S. The van der Waals surface area contributed by atoms with Gasteiger partial charge in [0.2, 0.25) is 0 Å². The maximum atomic E-state index is 11.9. The Morgan fingerprint density at radius 1 is 1.27 bits per heavy atom. The Morgan fingerprint density at radius 2 is 2.09 bits per heavy atom. The number of hydrogen-bond donors (Lipinski definition) is 1. The first kappa shape index (κ1) is 15.0. The lowest BCUT2D eigenvalue weighted by molar-refractivity contribution is 0.0455. The number of nitrogens with one attached hydrogen (secondary N) is 1. The third-order valence-corrected chi connectivity index (χ3v) is 4.13. The number of halogens is 2. The number of fused-ring (bicyclic) bond motifs is 1. The molecule has 0 radical (unpaired) electrons. The van der Waals surface area contributed by atoms with Crippen molar-refractivity contribution in [1.29, 1.82) is 0 Å². The molecule has 0 atom stereocenters. The monoisotopic (exact) mass is 355 g/mol. The van der Waals surface area contributed by atoms with Crippen molar-refractivity contribution in [2.24, 2.45) is 0 Å². The predicted molar refractivity (Wildman–Crippen MR) is 83.6 cm³/mol. The Kier molecular flexibility index (Phi) is 4.10. The molecule has 1 N–H and O–H groups in total. The normalized spacial score (nSPS) is 10.8. The smallest absolute Gasteiger partial charge is 0.358 e. The van der Waals surface area contributed by atoms with Gasteiger partial charge in [0.25, 0.3) is 5.56 Å². The molecule has 0 amide bonds. The molecule has 112 valence electrons. The average molecular weight is 356 g/mol. The molecule has 0 aromatic carbocycles. The van der Waals surface area contributed by atoms with Crippen molar-refractivity contribution < 1.29 is 9.53 Å². The van der Waals surface area contributed by atoms with Gasteiger partial charge in [-0.05, 0) is 23.6 Å². The van der Waals surface area contributed by atoms with Crippen LogP contribution in [0.25, 0.3) is 10.2 Å². The number of carbonyl (C=O) groups excluding carboxylic acids is 1. The maximum absolute atomic E-state index is 11.9. The fourth-order valence-electron chi connectivity index (χ4n) is 1.75. The van der Waals surface area contributed by atoms with E-state index in [4.69, 9.17) is 27.9 Å². The van der Waals surface area contributed by atoms with Gasteiger partial charge < -0.3 is 9.72 Å². The van der Waals surface area contributed by atoms with E-state index in [1.165, 1.54) is 23.5 Å². The van der Waals surface area contributed by atoms with Crippen LogP contribution in [0.1, 0.15) is 16.3 Å². The van der Waals surface area contributed by atoms with E-state index in [0.717, 1.165) is 0 Å². The fourth-order valence-corrected chi connectivity index (χ4v) is 2.81. The largest absolute Gasteiger partial charge is 0.453 e. The van der Waals surface area contributed by atoms with Gasteiger partial charge in [0, 0.05) is 0 Å². The van der Waals surface area contributed by atoms with Crippen molar-refractivity contribution in [1.82, 2.24) is 15.0 Å². The summed E-state index contributed by atoms with van der Waals surface area (Å²) in [5, 5.41) is 2.02. The summed E-state index contributed by atoms with van der Waals surface area (Å²) in [7, 11) is 0. The summed E-state index contributed by atoms with van der Waals surface area (Å²) in [4.78, 5) is 34.3. The van der Waals surface area contributed by atoms with Crippen LogP contribution < -0.4 is 5.56 Å².